The zero-order valence-electron chi connectivity index (χ0n) is 12.5. The number of nitrogens with zero attached hydrogens (tertiary/aromatic N) is 2. The number of hydrogen-bond acceptors (Lipinski definition) is 2. The van der Waals surface area contributed by atoms with Gasteiger partial charge in [0.25, 0.3) is 0 Å². The Labute approximate surface area is 129 Å². The van der Waals surface area contributed by atoms with Crippen molar-refractivity contribution in [2.24, 2.45) is 0 Å². The molecule has 1 aromatic carbocycles. The van der Waals surface area contributed by atoms with Gasteiger partial charge in [-0.05, 0) is 49.4 Å². The molecule has 0 atom stereocenters. The number of rotatable bonds is 4. The normalized spacial score (nSPS) is 20.2. The number of benzene rings is 1. The average Bonchev–Trinajstić information content (AvgIpc) is 3.06. The van der Waals surface area contributed by atoms with E-state index in [0.29, 0.717) is 5.92 Å². The molecule has 0 unspecified atom stereocenters. The van der Waals surface area contributed by atoms with Crippen LogP contribution in [0.25, 0.3) is 5.69 Å². The van der Waals surface area contributed by atoms with Gasteiger partial charge in [0.05, 0.1) is 11.1 Å². The summed E-state index contributed by atoms with van der Waals surface area (Å²) in [6, 6.07) is 10.0. The molecule has 0 spiro atoms. The first-order valence-electron chi connectivity index (χ1n) is 8.09. The molecule has 0 radical (unpaired) electrons. The molecule has 1 heterocycles. The maximum absolute atomic E-state index is 11.9. The van der Waals surface area contributed by atoms with Gasteiger partial charge in [-0.2, -0.15) is 5.10 Å². The van der Waals surface area contributed by atoms with E-state index in [-0.39, 0.29) is 0 Å². The minimum absolute atomic E-state index is 0.617. The molecule has 2 aliphatic rings. The second kappa shape index (κ2) is 4.97. The summed E-state index contributed by atoms with van der Waals surface area (Å²) in [7, 11) is 0. The molecular weight excluding hydrogens is 276 g/mol. The molecule has 114 valence electrons. The van der Waals surface area contributed by atoms with Gasteiger partial charge in [-0.1, -0.05) is 25.0 Å². The first-order valence-corrected chi connectivity index (χ1v) is 8.09. The Bertz CT molecular complexity index is 709. The maximum atomic E-state index is 11.9. The van der Waals surface area contributed by atoms with Crippen molar-refractivity contribution < 1.29 is 9.90 Å². The molecule has 4 heteroatoms. The highest BCUT2D eigenvalue weighted by atomic mass is 16.4. The largest absolute Gasteiger partial charge is 0.481 e. The molecular formula is C18H20N2O2. The van der Waals surface area contributed by atoms with Crippen LogP contribution in [0.5, 0.6) is 0 Å². The van der Waals surface area contributed by atoms with E-state index in [1.165, 1.54) is 18.5 Å². The van der Waals surface area contributed by atoms with E-state index < -0.39 is 11.4 Å². The number of aliphatic carboxylic acids is 1. The van der Waals surface area contributed by atoms with Crippen molar-refractivity contribution in [1.82, 2.24) is 9.78 Å². The SMILES string of the molecule is O=C(O)C1(c2cccc(-n3nccc3C3CC3)c2)CCCC1. The summed E-state index contributed by atoms with van der Waals surface area (Å²) in [6.07, 6.45) is 7.75. The highest BCUT2D eigenvalue weighted by Crippen LogP contribution is 2.43. The first-order chi connectivity index (χ1) is 10.7. The number of aromatic nitrogens is 2. The summed E-state index contributed by atoms with van der Waals surface area (Å²) in [6.45, 7) is 0. The minimum Gasteiger partial charge on any atom is -0.481 e. The van der Waals surface area contributed by atoms with Crippen LogP contribution >= 0.6 is 0 Å². The molecule has 22 heavy (non-hydrogen) atoms. The van der Waals surface area contributed by atoms with Crippen LogP contribution in [0, 0.1) is 0 Å². The number of hydrogen-bond donors (Lipinski definition) is 1. The lowest BCUT2D eigenvalue weighted by Gasteiger charge is -2.25. The molecule has 0 saturated heterocycles. The van der Waals surface area contributed by atoms with Gasteiger partial charge in [0, 0.05) is 17.8 Å². The van der Waals surface area contributed by atoms with Crippen LogP contribution in [0.1, 0.15) is 55.7 Å². The van der Waals surface area contributed by atoms with Gasteiger partial charge in [-0.3, -0.25) is 4.79 Å². The highest BCUT2D eigenvalue weighted by Gasteiger charge is 2.43. The molecule has 2 aromatic rings. The van der Waals surface area contributed by atoms with E-state index in [0.717, 1.165) is 36.9 Å². The maximum Gasteiger partial charge on any atom is 0.314 e. The molecule has 0 aliphatic heterocycles. The fourth-order valence-electron chi connectivity index (χ4n) is 3.76. The van der Waals surface area contributed by atoms with Crippen LogP contribution < -0.4 is 0 Å². The van der Waals surface area contributed by atoms with Crippen molar-refractivity contribution in [3.05, 3.63) is 47.8 Å². The number of carboxylic acids is 1. The number of carbonyl (C=O) groups is 1. The summed E-state index contributed by atoms with van der Waals surface area (Å²) < 4.78 is 1.98. The third-order valence-corrected chi connectivity index (χ3v) is 5.18. The molecule has 1 aromatic heterocycles. The van der Waals surface area contributed by atoms with E-state index >= 15 is 0 Å². The van der Waals surface area contributed by atoms with Gasteiger partial charge < -0.3 is 5.11 Å². The van der Waals surface area contributed by atoms with Crippen LogP contribution in [0.15, 0.2) is 36.5 Å². The Morgan fingerprint density at radius 1 is 1.23 bits per heavy atom. The van der Waals surface area contributed by atoms with Crippen LogP contribution in [0.4, 0.5) is 0 Å². The Balaban J connectivity index is 1.77. The van der Waals surface area contributed by atoms with Gasteiger partial charge in [0.15, 0.2) is 0 Å². The summed E-state index contributed by atoms with van der Waals surface area (Å²) in [5, 5.41) is 14.2. The van der Waals surface area contributed by atoms with Gasteiger partial charge >= 0.3 is 5.97 Å². The van der Waals surface area contributed by atoms with E-state index in [2.05, 4.69) is 11.2 Å². The quantitative estimate of drug-likeness (QED) is 0.937. The molecule has 0 amide bonds. The van der Waals surface area contributed by atoms with E-state index in [1.54, 1.807) is 0 Å². The summed E-state index contributed by atoms with van der Waals surface area (Å²) >= 11 is 0. The van der Waals surface area contributed by atoms with Crippen molar-refractivity contribution in [3.63, 3.8) is 0 Å². The van der Waals surface area contributed by atoms with Crippen molar-refractivity contribution >= 4 is 5.97 Å². The monoisotopic (exact) mass is 296 g/mol. The van der Waals surface area contributed by atoms with E-state index in [4.69, 9.17) is 0 Å². The summed E-state index contributed by atoms with van der Waals surface area (Å²) in [4.78, 5) is 11.9. The Morgan fingerprint density at radius 3 is 2.68 bits per heavy atom. The fraction of sp³-hybridized carbons (Fsp3) is 0.444. The Morgan fingerprint density at radius 2 is 2.00 bits per heavy atom. The second-order valence-corrected chi connectivity index (χ2v) is 6.59. The summed E-state index contributed by atoms with van der Waals surface area (Å²) in [5.41, 5.74) is 2.44. The second-order valence-electron chi connectivity index (χ2n) is 6.59. The smallest absolute Gasteiger partial charge is 0.314 e. The molecule has 0 bridgehead atoms. The first kappa shape index (κ1) is 13.6. The zero-order valence-corrected chi connectivity index (χ0v) is 12.5. The third-order valence-electron chi connectivity index (χ3n) is 5.18. The molecule has 2 fully saturated rings. The number of carboxylic acid groups (broad SMARTS) is 1. The van der Waals surface area contributed by atoms with Crippen molar-refractivity contribution in [2.45, 2.75) is 49.9 Å². The lowest BCUT2D eigenvalue weighted by molar-refractivity contribution is -0.143. The van der Waals surface area contributed by atoms with Crippen LogP contribution in [0.3, 0.4) is 0 Å². The molecule has 1 N–H and O–H groups in total. The van der Waals surface area contributed by atoms with Crippen LogP contribution in [-0.2, 0) is 10.2 Å². The highest BCUT2D eigenvalue weighted by molar-refractivity contribution is 5.82. The topological polar surface area (TPSA) is 55.1 Å². The molecule has 2 saturated carbocycles. The van der Waals surface area contributed by atoms with Crippen molar-refractivity contribution in [1.29, 1.82) is 0 Å². The zero-order chi connectivity index (χ0) is 15.2. The molecule has 4 nitrogen and oxygen atoms in total. The van der Waals surface area contributed by atoms with E-state index in [1.807, 2.05) is 35.1 Å². The standard InChI is InChI=1S/C18H20N2O2/c21-17(22)18(9-1-2-10-18)14-4-3-5-15(12-14)20-16(8-11-19-20)13-6-7-13/h3-5,8,11-13H,1-2,6-7,9-10H2,(H,21,22). The fourth-order valence-corrected chi connectivity index (χ4v) is 3.76. The Hall–Kier alpha value is -2.10. The summed E-state index contributed by atoms with van der Waals surface area (Å²) in [5.74, 6) is -0.0731. The molecule has 2 aliphatic carbocycles. The lowest BCUT2D eigenvalue weighted by Crippen LogP contribution is -2.32. The molecule has 4 rings (SSSR count). The third kappa shape index (κ3) is 2.05. The minimum atomic E-state index is -0.705. The van der Waals surface area contributed by atoms with Gasteiger partial charge in [-0.25, -0.2) is 4.68 Å². The van der Waals surface area contributed by atoms with Crippen LogP contribution in [0.2, 0.25) is 0 Å². The predicted octanol–water partition coefficient (Wildman–Crippen LogP) is 3.65. The van der Waals surface area contributed by atoms with Gasteiger partial charge in [0.1, 0.15) is 0 Å². The van der Waals surface area contributed by atoms with E-state index in [9.17, 15) is 9.90 Å². The van der Waals surface area contributed by atoms with Gasteiger partial charge in [-0.15, -0.1) is 0 Å². The van der Waals surface area contributed by atoms with Crippen LogP contribution in [-0.4, -0.2) is 20.9 Å². The lowest BCUT2D eigenvalue weighted by atomic mass is 9.79. The van der Waals surface area contributed by atoms with Crippen molar-refractivity contribution in [3.8, 4) is 5.69 Å². The Kier molecular flexibility index (Phi) is 3.06. The van der Waals surface area contributed by atoms with Gasteiger partial charge in [0.2, 0.25) is 0 Å². The predicted molar refractivity (Wildman–Crippen MR) is 83.3 cm³/mol. The average molecular weight is 296 g/mol. The van der Waals surface area contributed by atoms with Crippen molar-refractivity contribution in [2.75, 3.05) is 0 Å².